The first-order valence-corrected chi connectivity index (χ1v) is 10.0. The highest BCUT2D eigenvalue weighted by Crippen LogP contribution is 2.34. The van der Waals surface area contributed by atoms with Crippen molar-refractivity contribution in [1.82, 2.24) is 4.90 Å². The van der Waals surface area contributed by atoms with Crippen LogP contribution in [0.15, 0.2) is 42.5 Å². The highest BCUT2D eigenvalue weighted by Gasteiger charge is 2.34. The van der Waals surface area contributed by atoms with Crippen molar-refractivity contribution >= 4 is 34.8 Å². The maximum Gasteiger partial charge on any atom is 0.224 e. The van der Waals surface area contributed by atoms with Crippen molar-refractivity contribution in [3.05, 3.63) is 63.6 Å². The number of amides is 1. The summed E-state index contributed by atoms with van der Waals surface area (Å²) in [6.07, 6.45) is 1.95. The van der Waals surface area contributed by atoms with Crippen LogP contribution >= 0.6 is 23.2 Å². The van der Waals surface area contributed by atoms with E-state index in [1.807, 2.05) is 35.2 Å². The normalized spacial score (nSPS) is 18.7. The first kappa shape index (κ1) is 18.6. The predicted molar refractivity (Wildman–Crippen MR) is 108 cm³/mol. The molecular formula is C21H22Cl2N2O2. The van der Waals surface area contributed by atoms with Gasteiger partial charge in [-0.25, -0.2) is 0 Å². The third kappa shape index (κ3) is 4.23. The van der Waals surface area contributed by atoms with Crippen LogP contribution in [-0.4, -0.2) is 35.0 Å². The van der Waals surface area contributed by atoms with E-state index < -0.39 is 6.10 Å². The van der Waals surface area contributed by atoms with Crippen molar-refractivity contribution in [2.24, 2.45) is 0 Å². The summed E-state index contributed by atoms with van der Waals surface area (Å²) < 4.78 is 0. The quantitative estimate of drug-likeness (QED) is 0.819. The van der Waals surface area contributed by atoms with Gasteiger partial charge in [0.2, 0.25) is 5.91 Å². The maximum absolute atomic E-state index is 12.7. The van der Waals surface area contributed by atoms with Crippen LogP contribution in [0, 0.1) is 0 Å². The van der Waals surface area contributed by atoms with Crippen molar-refractivity contribution in [3.63, 3.8) is 0 Å². The van der Waals surface area contributed by atoms with Crippen LogP contribution in [0.2, 0.25) is 10.0 Å². The topological polar surface area (TPSA) is 43.8 Å². The Bertz CT molecular complexity index is 837. The number of fused-ring (bicyclic) bond motifs is 1. The lowest BCUT2D eigenvalue weighted by Gasteiger charge is -2.34. The minimum Gasteiger partial charge on any atom is -0.387 e. The number of carbonyl (C=O) groups excluding carboxylic acids is 1. The molecular weight excluding hydrogens is 383 g/mol. The molecule has 1 aliphatic carbocycles. The Kier molecular flexibility index (Phi) is 5.31. The van der Waals surface area contributed by atoms with Crippen LogP contribution < -0.4 is 4.90 Å². The van der Waals surface area contributed by atoms with Crippen LogP contribution in [0.5, 0.6) is 0 Å². The van der Waals surface area contributed by atoms with E-state index in [9.17, 15) is 9.90 Å². The number of anilines is 1. The van der Waals surface area contributed by atoms with E-state index >= 15 is 0 Å². The third-order valence-corrected chi connectivity index (χ3v) is 5.76. The number of nitrogens with zero attached hydrogens (tertiary/aromatic N) is 2. The Hall–Kier alpha value is -1.75. The average Bonchev–Trinajstić information content (AvgIpc) is 3.47. The summed E-state index contributed by atoms with van der Waals surface area (Å²) in [4.78, 5) is 16.7. The van der Waals surface area contributed by atoms with Gasteiger partial charge >= 0.3 is 0 Å². The van der Waals surface area contributed by atoms with Crippen molar-refractivity contribution in [3.8, 4) is 0 Å². The molecule has 2 aliphatic rings. The number of aliphatic hydroxyl groups is 1. The van der Waals surface area contributed by atoms with Crippen LogP contribution in [-0.2, 0) is 11.3 Å². The summed E-state index contributed by atoms with van der Waals surface area (Å²) in [5.74, 6) is 0.175. The first-order chi connectivity index (χ1) is 13.0. The van der Waals surface area contributed by atoms with Gasteiger partial charge < -0.3 is 14.9 Å². The van der Waals surface area contributed by atoms with Gasteiger partial charge in [0, 0.05) is 47.8 Å². The Morgan fingerprint density at radius 3 is 2.48 bits per heavy atom. The SMILES string of the molecule is O=C1CCN(CC(O)c2ccc(Cl)cc2)c2ccc(Cl)cc2CN1C1CC1. The van der Waals surface area contributed by atoms with Gasteiger partial charge in [-0.3, -0.25) is 4.79 Å². The van der Waals surface area contributed by atoms with Gasteiger partial charge in [-0.1, -0.05) is 35.3 Å². The van der Waals surface area contributed by atoms with E-state index in [1.165, 1.54) is 0 Å². The van der Waals surface area contributed by atoms with E-state index in [-0.39, 0.29) is 5.91 Å². The van der Waals surface area contributed by atoms with E-state index in [4.69, 9.17) is 23.2 Å². The second-order valence-corrected chi connectivity index (χ2v) is 8.16. The van der Waals surface area contributed by atoms with Crippen molar-refractivity contribution in [2.45, 2.75) is 38.0 Å². The van der Waals surface area contributed by atoms with Gasteiger partial charge in [0.1, 0.15) is 0 Å². The lowest BCUT2D eigenvalue weighted by atomic mass is 10.1. The Balaban J connectivity index is 1.61. The number of aliphatic hydroxyl groups excluding tert-OH is 1. The molecule has 2 aromatic carbocycles. The third-order valence-electron chi connectivity index (χ3n) is 5.27. The summed E-state index contributed by atoms with van der Waals surface area (Å²) in [6, 6.07) is 13.4. The Morgan fingerprint density at radius 2 is 1.78 bits per heavy atom. The molecule has 4 nitrogen and oxygen atoms in total. The smallest absolute Gasteiger partial charge is 0.224 e. The van der Waals surface area contributed by atoms with E-state index in [0.29, 0.717) is 42.1 Å². The minimum absolute atomic E-state index is 0.175. The van der Waals surface area contributed by atoms with Crippen LogP contribution in [0.25, 0.3) is 0 Å². The predicted octanol–water partition coefficient (Wildman–Crippen LogP) is 4.43. The number of β-amino-alcohol motifs (C(OH)–C–C–N with tert-alkyl or cyclic N) is 1. The molecule has 4 rings (SSSR count). The molecule has 0 radical (unpaired) electrons. The summed E-state index contributed by atoms with van der Waals surface area (Å²) in [7, 11) is 0. The molecule has 1 heterocycles. The van der Waals surface area contributed by atoms with E-state index in [2.05, 4.69) is 4.90 Å². The lowest BCUT2D eigenvalue weighted by Crippen LogP contribution is -2.40. The maximum atomic E-state index is 12.7. The standard InChI is InChI=1S/C21H22Cl2N2O2/c22-16-3-1-14(2-4-16)20(26)13-24-10-9-21(27)25(18-6-7-18)12-15-11-17(23)5-8-19(15)24/h1-5,8,11,18,20,26H,6-7,9-10,12-13H2. The molecule has 1 fully saturated rings. The fourth-order valence-corrected chi connectivity index (χ4v) is 3.98. The largest absolute Gasteiger partial charge is 0.387 e. The summed E-state index contributed by atoms with van der Waals surface area (Å²) in [5.41, 5.74) is 2.87. The van der Waals surface area contributed by atoms with Crippen LogP contribution in [0.1, 0.15) is 36.5 Å². The molecule has 0 bridgehead atoms. The van der Waals surface area contributed by atoms with Crippen LogP contribution in [0.3, 0.4) is 0 Å². The summed E-state index contributed by atoms with van der Waals surface area (Å²) >= 11 is 12.2. The molecule has 6 heteroatoms. The molecule has 1 atom stereocenters. The fraction of sp³-hybridized carbons (Fsp3) is 0.381. The lowest BCUT2D eigenvalue weighted by molar-refractivity contribution is -0.132. The number of benzene rings is 2. The molecule has 0 spiro atoms. The molecule has 0 saturated heterocycles. The number of hydrogen-bond donors (Lipinski definition) is 1. The second kappa shape index (κ2) is 7.70. The number of hydrogen-bond acceptors (Lipinski definition) is 3. The minimum atomic E-state index is -0.667. The molecule has 1 saturated carbocycles. The molecule has 1 unspecified atom stereocenters. The van der Waals surface area contributed by atoms with Crippen LogP contribution in [0.4, 0.5) is 5.69 Å². The van der Waals surface area contributed by atoms with E-state index in [1.54, 1.807) is 12.1 Å². The molecule has 1 amide bonds. The van der Waals surface area contributed by atoms with Gasteiger partial charge in [-0.05, 0) is 54.3 Å². The van der Waals surface area contributed by atoms with Gasteiger partial charge in [-0.15, -0.1) is 0 Å². The zero-order valence-corrected chi connectivity index (χ0v) is 16.5. The summed E-state index contributed by atoms with van der Waals surface area (Å²) in [6.45, 7) is 1.56. The monoisotopic (exact) mass is 404 g/mol. The second-order valence-electron chi connectivity index (χ2n) is 7.29. The Labute approximate surface area is 169 Å². The molecule has 27 heavy (non-hydrogen) atoms. The average molecular weight is 405 g/mol. The number of rotatable bonds is 4. The van der Waals surface area contributed by atoms with Gasteiger partial charge in [-0.2, -0.15) is 0 Å². The molecule has 1 aliphatic heterocycles. The number of carbonyl (C=O) groups is 1. The molecule has 2 aromatic rings. The fourth-order valence-electron chi connectivity index (χ4n) is 3.66. The van der Waals surface area contributed by atoms with Crippen molar-refractivity contribution in [1.29, 1.82) is 0 Å². The molecule has 0 aromatic heterocycles. The van der Waals surface area contributed by atoms with Gasteiger partial charge in [0.05, 0.1) is 6.10 Å². The van der Waals surface area contributed by atoms with E-state index in [0.717, 1.165) is 29.7 Å². The summed E-state index contributed by atoms with van der Waals surface area (Å²) in [5, 5.41) is 12.0. The highest BCUT2D eigenvalue weighted by atomic mass is 35.5. The van der Waals surface area contributed by atoms with Gasteiger partial charge in [0.15, 0.2) is 0 Å². The van der Waals surface area contributed by atoms with Gasteiger partial charge in [0.25, 0.3) is 0 Å². The van der Waals surface area contributed by atoms with Crippen molar-refractivity contribution in [2.75, 3.05) is 18.0 Å². The zero-order chi connectivity index (χ0) is 19.0. The molecule has 142 valence electrons. The highest BCUT2D eigenvalue weighted by molar-refractivity contribution is 6.31. The molecule has 1 N–H and O–H groups in total. The number of halogens is 2. The first-order valence-electron chi connectivity index (χ1n) is 9.27. The Morgan fingerprint density at radius 1 is 1.07 bits per heavy atom. The zero-order valence-electron chi connectivity index (χ0n) is 14.9. The van der Waals surface area contributed by atoms with Crippen molar-refractivity contribution < 1.29 is 9.90 Å².